The zero-order chi connectivity index (χ0) is 11.3. The van der Waals surface area contributed by atoms with Crippen LogP contribution in [0.5, 0.6) is 0 Å². The highest BCUT2D eigenvalue weighted by molar-refractivity contribution is 5.77. The fraction of sp³-hybridized carbons (Fsp3) is 0.833. The molecule has 3 nitrogen and oxygen atoms in total. The van der Waals surface area contributed by atoms with Crippen LogP contribution in [0.2, 0.25) is 0 Å². The molecule has 1 aliphatic rings. The van der Waals surface area contributed by atoms with Gasteiger partial charge in [-0.05, 0) is 24.2 Å². The van der Waals surface area contributed by atoms with Gasteiger partial charge in [0.15, 0.2) is 0 Å². The maximum absolute atomic E-state index is 11.2. The molecule has 0 spiro atoms. The van der Waals surface area contributed by atoms with Crippen LogP contribution in [0, 0.1) is 22.7 Å². The smallest absolute Gasteiger partial charge is 0.234 e. The Hall–Kier alpha value is -1.04. The number of amides is 1. The van der Waals surface area contributed by atoms with E-state index in [1.807, 2.05) is 6.07 Å². The maximum Gasteiger partial charge on any atom is 0.234 e. The number of hydrogen-bond acceptors (Lipinski definition) is 2. The molecule has 0 aromatic heterocycles. The lowest BCUT2D eigenvalue weighted by Gasteiger charge is -2.31. The summed E-state index contributed by atoms with van der Waals surface area (Å²) in [5.41, 5.74) is 0.168. The SMILES string of the molecule is CC(C)(CNC(=O)CC#N)C1CCCC1. The Kier molecular flexibility index (Phi) is 4.14. The summed E-state index contributed by atoms with van der Waals surface area (Å²) in [5.74, 6) is 0.573. The van der Waals surface area contributed by atoms with Crippen LogP contribution in [0.1, 0.15) is 46.0 Å². The quantitative estimate of drug-likeness (QED) is 0.770. The highest BCUT2D eigenvalue weighted by Crippen LogP contribution is 2.38. The van der Waals surface area contributed by atoms with E-state index in [0.29, 0.717) is 6.54 Å². The van der Waals surface area contributed by atoms with Gasteiger partial charge >= 0.3 is 0 Å². The van der Waals surface area contributed by atoms with Crippen molar-refractivity contribution in [2.24, 2.45) is 11.3 Å². The molecule has 0 aromatic rings. The molecule has 1 saturated carbocycles. The van der Waals surface area contributed by atoms with Crippen molar-refractivity contribution in [3.8, 4) is 6.07 Å². The van der Waals surface area contributed by atoms with E-state index in [1.54, 1.807) is 0 Å². The number of nitriles is 1. The normalized spacial score (nSPS) is 17.4. The minimum Gasteiger partial charge on any atom is -0.355 e. The van der Waals surface area contributed by atoms with Gasteiger partial charge in [0.2, 0.25) is 5.91 Å². The summed E-state index contributed by atoms with van der Waals surface area (Å²) in [7, 11) is 0. The van der Waals surface area contributed by atoms with Crippen LogP contribution in [0.15, 0.2) is 0 Å². The molecule has 0 atom stereocenters. The molecule has 0 bridgehead atoms. The Labute approximate surface area is 91.9 Å². The molecule has 3 heteroatoms. The van der Waals surface area contributed by atoms with Gasteiger partial charge in [0.25, 0.3) is 0 Å². The van der Waals surface area contributed by atoms with Crippen molar-refractivity contribution >= 4 is 5.91 Å². The largest absolute Gasteiger partial charge is 0.355 e. The Balaban J connectivity index is 2.35. The molecule has 0 heterocycles. The van der Waals surface area contributed by atoms with Gasteiger partial charge in [0, 0.05) is 6.54 Å². The van der Waals surface area contributed by atoms with Gasteiger partial charge in [-0.1, -0.05) is 26.7 Å². The number of nitrogens with zero attached hydrogens (tertiary/aromatic N) is 1. The van der Waals surface area contributed by atoms with E-state index in [1.165, 1.54) is 25.7 Å². The Bertz CT molecular complexity index is 259. The van der Waals surface area contributed by atoms with E-state index < -0.39 is 0 Å². The molecule has 1 fully saturated rings. The van der Waals surface area contributed by atoms with Crippen molar-refractivity contribution in [3.63, 3.8) is 0 Å². The molecule has 15 heavy (non-hydrogen) atoms. The minimum atomic E-state index is -0.149. The van der Waals surface area contributed by atoms with Gasteiger partial charge < -0.3 is 5.32 Å². The van der Waals surface area contributed by atoms with Crippen molar-refractivity contribution in [2.75, 3.05) is 6.54 Å². The summed E-state index contributed by atoms with van der Waals surface area (Å²) in [4.78, 5) is 11.2. The molecule has 84 valence electrons. The topological polar surface area (TPSA) is 52.9 Å². The first-order valence-electron chi connectivity index (χ1n) is 5.70. The van der Waals surface area contributed by atoms with Crippen molar-refractivity contribution in [2.45, 2.75) is 46.0 Å². The Morgan fingerprint density at radius 2 is 2.07 bits per heavy atom. The minimum absolute atomic E-state index is 0.0270. The summed E-state index contributed by atoms with van der Waals surface area (Å²) < 4.78 is 0. The van der Waals surface area contributed by atoms with Crippen LogP contribution < -0.4 is 5.32 Å². The summed E-state index contributed by atoms with van der Waals surface area (Å²) in [6.07, 6.45) is 5.17. The Morgan fingerprint density at radius 1 is 1.47 bits per heavy atom. The standard InChI is InChI=1S/C12H20N2O/c1-12(2,10-5-3-4-6-10)9-14-11(15)7-8-13/h10H,3-7,9H2,1-2H3,(H,14,15). The van der Waals surface area contributed by atoms with E-state index in [0.717, 1.165) is 5.92 Å². The lowest BCUT2D eigenvalue weighted by atomic mass is 9.78. The summed E-state index contributed by atoms with van der Waals surface area (Å²) in [6, 6.07) is 1.86. The van der Waals surface area contributed by atoms with Crippen molar-refractivity contribution in [1.82, 2.24) is 5.32 Å². The van der Waals surface area contributed by atoms with Crippen LogP contribution in [-0.2, 0) is 4.79 Å². The lowest BCUT2D eigenvalue weighted by molar-refractivity contribution is -0.120. The fourth-order valence-electron chi connectivity index (χ4n) is 2.31. The number of carbonyl (C=O) groups is 1. The van der Waals surface area contributed by atoms with Gasteiger partial charge in [0.05, 0.1) is 6.07 Å². The van der Waals surface area contributed by atoms with Gasteiger partial charge in [-0.15, -0.1) is 0 Å². The molecule has 0 unspecified atom stereocenters. The predicted molar refractivity (Wildman–Crippen MR) is 59.0 cm³/mol. The zero-order valence-electron chi connectivity index (χ0n) is 9.68. The predicted octanol–water partition coefficient (Wildman–Crippen LogP) is 2.23. The molecule has 1 amide bonds. The molecule has 1 rings (SSSR count). The van der Waals surface area contributed by atoms with E-state index in [2.05, 4.69) is 19.2 Å². The summed E-state index contributed by atoms with van der Waals surface area (Å²) >= 11 is 0. The van der Waals surface area contributed by atoms with Crippen molar-refractivity contribution in [1.29, 1.82) is 5.26 Å². The van der Waals surface area contributed by atoms with Crippen LogP contribution in [0.3, 0.4) is 0 Å². The number of rotatable bonds is 4. The Morgan fingerprint density at radius 3 is 2.60 bits per heavy atom. The third-order valence-electron chi connectivity index (χ3n) is 3.44. The zero-order valence-corrected chi connectivity index (χ0v) is 9.68. The van der Waals surface area contributed by atoms with Crippen LogP contribution in [0.25, 0.3) is 0 Å². The first kappa shape index (κ1) is 12.0. The average molecular weight is 208 g/mol. The van der Waals surface area contributed by atoms with Gasteiger partial charge in [-0.25, -0.2) is 0 Å². The molecule has 0 saturated heterocycles. The second-order valence-electron chi connectivity index (χ2n) is 5.08. The van der Waals surface area contributed by atoms with Crippen LogP contribution in [0.4, 0.5) is 0 Å². The summed E-state index contributed by atoms with van der Waals surface area (Å²) in [6.45, 7) is 5.10. The molecule has 0 aromatic carbocycles. The monoisotopic (exact) mass is 208 g/mol. The van der Waals surface area contributed by atoms with E-state index in [4.69, 9.17) is 5.26 Å². The lowest BCUT2D eigenvalue weighted by Crippen LogP contribution is -2.37. The third-order valence-corrected chi connectivity index (χ3v) is 3.44. The van der Waals surface area contributed by atoms with Crippen LogP contribution in [-0.4, -0.2) is 12.5 Å². The van der Waals surface area contributed by atoms with Gasteiger partial charge in [0.1, 0.15) is 6.42 Å². The van der Waals surface area contributed by atoms with E-state index >= 15 is 0 Å². The number of hydrogen-bond donors (Lipinski definition) is 1. The first-order chi connectivity index (χ1) is 7.06. The van der Waals surface area contributed by atoms with Crippen LogP contribution >= 0.6 is 0 Å². The molecule has 0 aliphatic heterocycles. The maximum atomic E-state index is 11.2. The highest BCUT2D eigenvalue weighted by atomic mass is 16.1. The second-order valence-corrected chi connectivity index (χ2v) is 5.08. The van der Waals surface area contributed by atoms with Gasteiger partial charge in [-0.3, -0.25) is 4.79 Å². The fourth-order valence-corrected chi connectivity index (χ4v) is 2.31. The second kappa shape index (κ2) is 5.16. The number of carbonyl (C=O) groups excluding carboxylic acids is 1. The average Bonchev–Trinajstić information content (AvgIpc) is 2.69. The third kappa shape index (κ3) is 3.54. The molecule has 1 aliphatic carbocycles. The number of nitrogens with one attached hydrogen (secondary N) is 1. The van der Waals surface area contributed by atoms with Crippen molar-refractivity contribution in [3.05, 3.63) is 0 Å². The van der Waals surface area contributed by atoms with Gasteiger partial charge in [-0.2, -0.15) is 5.26 Å². The van der Waals surface area contributed by atoms with Crippen molar-refractivity contribution < 1.29 is 4.79 Å². The molecule has 1 N–H and O–H groups in total. The molecular weight excluding hydrogens is 188 g/mol. The van der Waals surface area contributed by atoms with E-state index in [-0.39, 0.29) is 17.7 Å². The highest BCUT2D eigenvalue weighted by Gasteiger charge is 2.31. The first-order valence-corrected chi connectivity index (χ1v) is 5.70. The molecule has 0 radical (unpaired) electrons. The molecular formula is C12H20N2O. The summed E-state index contributed by atoms with van der Waals surface area (Å²) in [5, 5.41) is 11.2. The van der Waals surface area contributed by atoms with E-state index in [9.17, 15) is 4.79 Å².